The third-order valence-corrected chi connectivity index (χ3v) is 3.16. The summed E-state index contributed by atoms with van der Waals surface area (Å²) >= 11 is 0. The largest absolute Gasteiger partial charge is 0.491 e. The highest BCUT2D eigenvalue weighted by Gasteiger charge is 2.02. The van der Waals surface area contributed by atoms with Gasteiger partial charge in [-0.25, -0.2) is 0 Å². The first-order valence-corrected chi connectivity index (χ1v) is 6.75. The van der Waals surface area contributed by atoms with E-state index in [9.17, 15) is 0 Å². The number of rotatable bonds is 9. The summed E-state index contributed by atoms with van der Waals surface area (Å²) in [7, 11) is 1.67. The second kappa shape index (κ2) is 8.81. The van der Waals surface area contributed by atoms with Crippen molar-refractivity contribution in [1.82, 2.24) is 0 Å². The minimum absolute atomic E-state index is 0.594. The summed E-state index contributed by atoms with van der Waals surface area (Å²) in [5.74, 6) is 1.64. The van der Waals surface area contributed by atoms with Crippen molar-refractivity contribution in [3.8, 4) is 5.75 Å². The molecular weight excluding hydrogens is 226 g/mol. The van der Waals surface area contributed by atoms with Crippen LogP contribution in [0.3, 0.4) is 0 Å². The predicted octanol–water partition coefficient (Wildman–Crippen LogP) is 3.56. The molecule has 1 aromatic rings. The Morgan fingerprint density at radius 1 is 1.06 bits per heavy atom. The smallest absolute Gasteiger partial charge is 0.119 e. The van der Waals surface area contributed by atoms with Crippen LogP contribution in [0.4, 0.5) is 5.69 Å². The molecule has 1 aromatic carbocycles. The van der Waals surface area contributed by atoms with Gasteiger partial charge in [0.1, 0.15) is 12.4 Å². The lowest BCUT2D eigenvalue weighted by Crippen LogP contribution is -2.12. The first-order chi connectivity index (χ1) is 8.80. The van der Waals surface area contributed by atoms with E-state index in [1.165, 1.54) is 12.8 Å². The number of hydrogen-bond donors (Lipinski definition) is 1. The van der Waals surface area contributed by atoms with Gasteiger partial charge >= 0.3 is 0 Å². The Morgan fingerprint density at radius 3 is 2.28 bits per heavy atom. The van der Waals surface area contributed by atoms with Gasteiger partial charge in [0.2, 0.25) is 0 Å². The maximum atomic E-state index is 5.52. The quantitative estimate of drug-likeness (QED) is 0.681. The predicted molar refractivity (Wildman–Crippen MR) is 76.4 cm³/mol. The van der Waals surface area contributed by atoms with Crippen molar-refractivity contribution in [2.45, 2.75) is 26.7 Å². The molecule has 1 rings (SSSR count). The van der Waals surface area contributed by atoms with Crippen LogP contribution in [0.5, 0.6) is 5.75 Å². The highest BCUT2D eigenvalue weighted by Crippen LogP contribution is 2.17. The molecule has 0 aliphatic carbocycles. The van der Waals surface area contributed by atoms with E-state index in [0.29, 0.717) is 13.2 Å². The van der Waals surface area contributed by atoms with E-state index in [2.05, 4.69) is 31.3 Å². The second-order valence-corrected chi connectivity index (χ2v) is 4.43. The number of nitrogens with one attached hydrogen (secondary N) is 1. The van der Waals surface area contributed by atoms with E-state index in [0.717, 1.165) is 23.9 Å². The lowest BCUT2D eigenvalue weighted by molar-refractivity contribution is 0.146. The molecule has 18 heavy (non-hydrogen) atoms. The van der Waals surface area contributed by atoms with Crippen LogP contribution in [0.15, 0.2) is 24.3 Å². The number of methoxy groups -OCH3 is 1. The van der Waals surface area contributed by atoms with Crippen LogP contribution in [-0.4, -0.2) is 26.9 Å². The molecule has 0 fully saturated rings. The third-order valence-electron chi connectivity index (χ3n) is 3.16. The summed E-state index contributed by atoms with van der Waals surface area (Å²) in [5.41, 5.74) is 1.15. The molecule has 0 spiro atoms. The summed E-state index contributed by atoms with van der Waals surface area (Å²) in [4.78, 5) is 0. The molecule has 0 atom stereocenters. The summed E-state index contributed by atoms with van der Waals surface area (Å²) in [5, 5.41) is 3.46. The van der Waals surface area contributed by atoms with Crippen LogP contribution >= 0.6 is 0 Å². The summed E-state index contributed by atoms with van der Waals surface area (Å²) < 4.78 is 10.5. The van der Waals surface area contributed by atoms with Crippen molar-refractivity contribution in [1.29, 1.82) is 0 Å². The fraction of sp³-hybridized carbons (Fsp3) is 0.600. The Kier molecular flexibility index (Phi) is 7.26. The van der Waals surface area contributed by atoms with Crippen molar-refractivity contribution in [3.05, 3.63) is 24.3 Å². The number of benzene rings is 1. The van der Waals surface area contributed by atoms with Gasteiger partial charge in [0.15, 0.2) is 0 Å². The zero-order valence-corrected chi connectivity index (χ0v) is 11.7. The first kappa shape index (κ1) is 14.8. The summed E-state index contributed by atoms with van der Waals surface area (Å²) in [6, 6.07) is 8.10. The molecule has 102 valence electrons. The summed E-state index contributed by atoms with van der Waals surface area (Å²) in [6.45, 7) is 6.73. The molecule has 0 saturated heterocycles. The van der Waals surface area contributed by atoms with Crippen molar-refractivity contribution in [2.24, 2.45) is 5.92 Å². The van der Waals surface area contributed by atoms with Crippen molar-refractivity contribution in [2.75, 3.05) is 32.2 Å². The maximum Gasteiger partial charge on any atom is 0.119 e. The van der Waals surface area contributed by atoms with E-state index < -0.39 is 0 Å². The monoisotopic (exact) mass is 251 g/mol. The molecule has 1 N–H and O–H groups in total. The molecule has 0 aliphatic rings. The van der Waals surface area contributed by atoms with Gasteiger partial charge in [0.25, 0.3) is 0 Å². The Balaban J connectivity index is 2.35. The van der Waals surface area contributed by atoms with Gasteiger partial charge in [-0.3, -0.25) is 0 Å². The summed E-state index contributed by atoms with van der Waals surface area (Å²) in [6.07, 6.45) is 2.45. The molecule has 0 radical (unpaired) electrons. The Bertz CT molecular complexity index is 307. The molecule has 0 bridgehead atoms. The second-order valence-electron chi connectivity index (χ2n) is 4.43. The average Bonchev–Trinajstić information content (AvgIpc) is 2.42. The standard InChI is InChI=1S/C15H25NO2/c1-4-13(5-2)12-16-14-6-8-15(9-7-14)18-11-10-17-3/h6-9,13,16H,4-5,10-12H2,1-3H3. The fourth-order valence-electron chi connectivity index (χ4n) is 1.75. The topological polar surface area (TPSA) is 30.5 Å². The van der Waals surface area contributed by atoms with Gasteiger partial charge in [-0.15, -0.1) is 0 Å². The highest BCUT2D eigenvalue weighted by atomic mass is 16.5. The van der Waals surface area contributed by atoms with Gasteiger partial charge in [-0.1, -0.05) is 26.7 Å². The molecule has 0 aliphatic heterocycles. The van der Waals surface area contributed by atoms with Gasteiger partial charge < -0.3 is 14.8 Å². The Morgan fingerprint density at radius 2 is 1.72 bits per heavy atom. The van der Waals surface area contributed by atoms with Crippen LogP contribution < -0.4 is 10.1 Å². The van der Waals surface area contributed by atoms with Crippen molar-refractivity contribution >= 4 is 5.69 Å². The highest BCUT2D eigenvalue weighted by molar-refractivity contribution is 5.46. The SMILES string of the molecule is CCC(CC)CNc1ccc(OCCOC)cc1. The van der Waals surface area contributed by atoms with Gasteiger partial charge in [-0.2, -0.15) is 0 Å². The van der Waals surface area contributed by atoms with Crippen LogP contribution in [0, 0.1) is 5.92 Å². The Hall–Kier alpha value is -1.22. The third kappa shape index (κ3) is 5.41. The fourth-order valence-corrected chi connectivity index (χ4v) is 1.75. The molecule has 3 heteroatoms. The van der Waals surface area contributed by atoms with E-state index in [1.54, 1.807) is 7.11 Å². The zero-order valence-electron chi connectivity index (χ0n) is 11.7. The van der Waals surface area contributed by atoms with Crippen molar-refractivity contribution < 1.29 is 9.47 Å². The zero-order chi connectivity index (χ0) is 13.2. The lowest BCUT2D eigenvalue weighted by Gasteiger charge is -2.14. The van der Waals surface area contributed by atoms with Crippen LogP contribution in [0.2, 0.25) is 0 Å². The number of anilines is 1. The molecule has 0 saturated carbocycles. The van der Waals surface area contributed by atoms with Gasteiger partial charge in [0, 0.05) is 19.3 Å². The molecular formula is C15H25NO2. The van der Waals surface area contributed by atoms with E-state index in [-0.39, 0.29) is 0 Å². The van der Waals surface area contributed by atoms with Crippen LogP contribution in [0.25, 0.3) is 0 Å². The molecule has 0 aromatic heterocycles. The average molecular weight is 251 g/mol. The van der Waals surface area contributed by atoms with E-state index >= 15 is 0 Å². The minimum Gasteiger partial charge on any atom is -0.491 e. The van der Waals surface area contributed by atoms with E-state index in [4.69, 9.17) is 9.47 Å². The number of ether oxygens (including phenoxy) is 2. The van der Waals surface area contributed by atoms with Gasteiger partial charge in [0.05, 0.1) is 6.61 Å². The molecule has 0 amide bonds. The molecule has 0 unspecified atom stereocenters. The minimum atomic E-state index is 0.594. The Labute approximate surface area is 110 Å². The maximum absolute atomic E-state index is 5.52. The number of hydrogen-bond acceptors (Lipinski definition) is 3. The molecule has 0 heterocycles. The van der Waals surface area contributed by atoms with Gasteiger partial charge in [-0.05, 0) is 30.2 Å². The molecule has 3 nitrogen and oxygen atoms in total. The van der Waals surface area contributed by atoms with E-state index in [1.807, 2.05) is 12.1 Å². The first-order valence-electron chi connectivity index (χ1n) is 6.75. The normalized spacial score (nSPS) is 10.7. The van der Waals surface area contributed by atoms with Crippen molar-refractivity contribution in [3.63, 3.8) is 0 Å². The van der Waals surface area contributed by atoms with Crippen LogP contribution in [-0.2, 0) is 4.74 Å². The van der Waals surface area contributed by atoms with Crippen LogP contribution in [0.1, 0.15) is 26.7 Å². The lowest BCUT2D eigenvalue weighted by atomic mass is 10.0.